The van der Waals surface area contributed by atoms with E-state index >= 15 is 0 Å². The van der Waals surface area contributed by atoms with Crippen LogP contribution < -0.4 is 0 Å². The molecule has 0 aromatic rings. The van der Waals surface area contributed by atoms with Gasteiger partial charge in [-0.15, -0.1) is 0 Å². The van der Waals surface area contributed by atoms with E-state index in [-0.39, 0.29) is 12.8 Å². The first kappa shape index (κ1) is 30.1. The molecule has 0 radical (unpaired) electrons. The Morgan fingerprint density at radius 3 is 0.600 bits per heavy atom. The predicted octanol–water partition coefficient (Wildman–Crippen LogP) is 5.33. The molecule has 0 spiro atoms. The zero-order chi connectivity index (χ0) is 23.0. The number of hydrogen-bond acceptors (Lipinski definition) is 4. The van der Waals surface area contributed by atoms with Crippen LogP contribution in [0, 0.1) is 0 Å². The van der Waals surface area contributed by atoms with Gasteiger partial charge in [0.05, 0.1) is 0 Å². The first-order valence-electron chi connectivity index (χ1n) is 11.1. The molecule has 0 saturated heterocycles. The largest absolute Gasteiger partial charge is 0.481 e. The minimum Gasteiger partial charge on any atom is -0.481 e. The molecule has 0 bridgehead atoms. The van der Waals surface area contributed by atoms with Gasteiger partial charge in [-0.3, -0.25) is 19.2 Å². The quantitative estimate of drug-likeness (QED) is 0.188. The van der Waals surface area contributed by atoms with E-state index in [2.05, 4.69) is 0 Å². The second-order valence-corrected chi connectivity index (χ2v) is 7.52. The normalized spacial score (nSPS) is 10.1. The zero-order valence-corrected chi connectivity index (χ0v) is 18.1. The van der Waals surface area contributed by atoms with Gasteiger partial charge in [-0.25, -0.2) is 0 Å². The summed E-state index contributed by atoms with van der Waals surface area (Å²) in [6.45, 7) is 0. The molecular formula is C22H40O8. The van der Waals surface area contributed by atoms with Crippen LogP contribution in [0.1, 0.15) is 116 Å². The molecule has 4 N–H and O–H groups in total. The van der Waals surface area contributed by atoms with E-state index in [1.165, 1.54) is 38.5 Å². The van der Waals surface area contributed by atoms with Crippen LogP contribution in [-0.2, 0) is 19.2 Å². The Balaban J connectivity index is 0. The van der Waals surface area contributed by atoms with Crippen LogP contribution in [0.4, 0.5) is 0 Å². The summed E-state index contributed by atoms with van der Waals surface area (Å²) in [7, 11) is 0. The Morgan fingerprint density at radius 2 is 0.433 bits per heavy atom. The maximum absolute atomic E-state index is 10.3. The lowest BCUT2D eigenvalue weighted by molar-refractivity contribution is -0.139. The van der Waals surface area contributed by atoms with Crippen molar-refractivity contribution in [3.05, 3.63) is 0 Å². The highest BCUT2D eigenvalue weighted by atomic mass is 16.4. The topological polar surface area (TPSA) is 149 Å². The summed E-state index contributed by atoms with van der Waals surface area (Å²) in [5.74, 6) is -3.11. The zero-order valence-electron chi connectivity index (χ0n) is 18.1. The van der Waals surface area contributed by atoms with Crippen molar-refractivity contribution in [2.24, 2.45) is 0 Å². The Bertz CT molecular complexity index is 420. The number of unbranched alkanes of at least 4 members (excludes halogenated alkanes) is 12. The number of carbonyl (C=O) groups is 4. The lowest BCUT2D eigenvalue weighted by atomic mass is 10.0. The molecule has 0 aromatic carbocycles. The average Bonchev–Trinajstić information content (AvgIpc) is 2.65. The van der Waals surface area contributed by atoms with E-state index in [4.69, 9.17) is 20.4 Å². The number of rotatable bonds is 20. The van der Waals surface area contributed by atoms with Crippen LogP contribution in [0.3, 0.4) is 0 Å². The molecule has 0 fully saturated rings. The molecule has 176 valence electrons. The summed E-state index contributed by atoms with van der Waals surface area (Å²) < 4.78 is 0. The average molecular weight is 433 g/mol. The standard InChI is InChI=1S/C16H30O4.C6H10O4/c17-15(18)13-11-9-7-5-3-1-2-4-6-8-10-12-14-16(19)20;7-5(8)3-1-2-4-6(9)10/h1-14H2,(H,17,18)(H,19,20);1-4H2,(H,7,8)(H,9,10). The number of carboxylic acids is 4. The third-order valence-electron chi connectivity index (χ3n) is 4.56. The maximum Gasteiger partial charge on any atom is 0.303 e. The van der Waals surface area contributed by atoms with Gasteiger partial charge in [0.25, 0.3) is 0 Å². The van der Waals surface area contributed by atoms with E-state index in [0.29, 0.717) is 25.7 Å². The lowest BCUT2D eigenvalue weighted by Gasteiger charge is -2.02. The second-order valence-electron chi connectivity index (χ2n) is 7.52. The van der Waals surface area contributed by atoms with Gasteiger partial charge >= 0.3 is 23.9 Å². The summed E-state index contributed by atoms with van der Waals surface area (Å²) in [6.07, 6.45) is 15.1. The van der Waals surface area contributed by atoms with E-state index in [1.807, 2.05) is 0 Å². The molecule has 0 rings (SSSR count). The monoisotopic (exact) mass is 432 g/mol. The van der Waals surface area contributed by atoms with Crippen molar-refractivity contribution in [2.45, 2.75) is 116 Å². The Hall–Kier alpha value is -2.12. The number of carboxylic acid groups (broad SMARTS) is 4. The van der Waals surface area contributed by atoms with Gasteiger partial charge in [0, 0.05) is 25.7 Å². The minimum atomic E-state index is -0.870. The Morgan fingerprint density at radius 1 is 0.300 bits per heavy atom. The summed E-state index contributed by atoms with van der Waals surface area (Å²) in [5.41, 5.74) is 0. The van der Waals surface area contributed by atoms with Gasteiger partial charge in [0.15, 0.2) is 0 Å². The van der Waals surface area contributed by atoms with Crippen molar-refractivity contribution >= 4 is 23.9 Å². The van der Waals surface area contributed by atoms with Crippen LogP contribution in [0.15, 0.2) is 0 Å². The van der Waals surface area contributed by atoms with Crippen LogP contribution in [0.5, 0.6) is 0 Å². The van der Waals surface area contributed by atoms with Crippen molar-refractivity contribution in [3.8, 4) is 0 Å². The molecular weight excluding hydrogens is 392 g/mol. The van der Waals surface area contributed by atoms with Crippen LogP contribution >= 0.6 is 0 Å². The highest BCUT2D eigenvalue weighted by Crippen LogP contribution is 2.12. The molecule has 0 aliphatic heterocycles. The van der Waals surface area contributed by atoms with Crippen molar-refractivity contribution in [1.29, 1.82) is 0 Å². The Kier molecular flexibility index (Phi) is 23.2. The Labute approximate surface area is 179 Å². The summed E-state index contributed by atoms with van der Waals surface area (Å²) >= 11 is 0. The van der Waals surface area contributed by atoms with Gasteiger partial charge < -0.3 is 20.4 Å². The van der Waals surface area contributed by atoms with Crippen LogP contribution in [0.25, 0.3) is 0 Å². The molecule has 8 heteroatoms. The smallest absolute Gasteiger partial charge is 0.303 e. The highest BCUT2D eigenvalue weighted by Gasteiger charge is 1.99. The van der Waals surface area contributed by atoms with Crippen LogP contribution in [-0.4, -0.2) is 44.3 Å². The second kappa shape index (κ2) is 23.2. The first-order chi connectivity index (χ1) is 14.3. The van der Waals surface area contributed by atoms with Crippen LogP contribution in [0.2, 0.25) is 0 Å². The van der Waals surface area contributed by atoms with Gasteiger partial charge in [-0.05, 0) is 25.7 Å². The molecule has 0 aromatic heterocycles. The van der Waals surface area contributed by atoms with Crippen molar-refractivity contribution in [1.82, 2.24) is 0 Å². The van der Waals surface area contributed by atoms with E-state index in [9.17, 15) is 19.2 Å². The van der Waals surface area contributed by atoms with Gasteiger partial charge in [0.2, 0.25) is 0 Å². The van der Waals surface area contributed by atoms with E-state index < -0.39 is 23.9 Å². The molecule has 30 heavy (non-hydrogen) atoms. The molecule has 0 saturated carbocycles. The third kappa shape index (κ3) is 33.5. The molecule has 0 unspecified atom stereocenters. The van der Waals surface area contributed by atoms with E-state index in [0.717, 1.165) is 38.5 Å². The molecule has 0 heterocycles. The number of hydrogen-bond donors (Lipinski definition) is 4. The summed E-state index contributed by atoms with van der Waals surface area (Å²) in [6, 6.07) is 0. The third-order valence-corrected chi connectivity index (χ3v) is 4.56. The van der Waals surface area contributed by atoms with Crippen molar-refractivity contribution in [2.75, 3.05) is 0 Å². The minimum absolute atomic E-state index is 0.0628. The molecule has 8 nitrogen and oxygen atoms in total. The van der Waals surface area contributed by atoms with E-state index in [1.54, 1.807) is 0 Å². The van der Waals surface area contributed by atoms with Gasteiger partial charge in [0.1, 0.15) is 0 Å². The van der Waals surface area contributed by atoms with Crippen molar-refractivity contribution in [3.63, 3.8) is 0 Å². The van der Waals surface area contributed by atoms with Gasteiger partial charge in [-0.2, -0.15) is 0 Å². The van der Waals surface area contributed by atoms with Gasteiger partial charge in [-0.1, -0.05) is 64.2 Å². The molecule has 0 amide bonds. The fourth-order valence-corrected chi connectivity index (χ4v) is 2.87. The number of aliphatic carboxylic acids is 4. The fraction of sp³-hybridized carbons (Fsp3) is 0.818. The maximum atomic E-state index is 10.3. The molecule has 0 atom stereocenters. The summed E-state index contributed by atoms with van der Waals surface area (Å²) in [4.78, 5) is 40.4. The highest BCUT2D eigenvalue weighted by molar-refractivity contribution is 5.68. The SMILES string of the molecule is O=C(O)CCCCC(=O)O.O=C(O)CCCCCCCCCCCCCCC(=O)O. The lowest BCUT2D eigenvalue weighted by Crippen LogP contribution is -1.97. The summed E-state index contributed by atoms with van der Waals surface area (Å²) in [5, 5.41) is 33.2. The van der Waals surface area contributed by atoms with Crippen molar-refractivity contribution < 1.29 is 39.6 Å². The molecule has 0 aliphatic rings. The predicted molar refractivity (Wildman–Crippen MR) is 114 cm³/mol. The molecule has 0 aliphatic carbocycles. The first-order valence-corrected chi connectivity index (χ1v) is 11.1. The fourth-order valence-electron chi connectivity index (χ4n) is 2.87.